The molecule has 0 unspecified atom stereocenters. The van der Waals surface area contributed by atoms with Crippen molar-refractivity contribution in [2.24, 2.45) is 5.41 Å². The summed E-state index contributed by atoms with van der Waals surface area (Å²) in [4.78, 5) is 8.99. The minimum absolute atomic E-state index is 0.0923. The van der Waals surface area contributed by atoms with Gasteiger partial charge in [-0.25, -0.2) is 9.97 Å². The number of aromatic nitrogens is 2. The molecule has 1 aliphatic heterocycles. The Kier molecular flexibility index (Phi) is 4.70. The Morgan fingerprint density at radius 2 is 2.05 bits per heavy atom. The molecule has 0 aromatic carbocycles. The summed E-state index contributed by atoms with van der Waals surface area (Å²) in [6.45, 7) is 2.35. The van der Waals surface area contributed by atoms with Crippen LogP contribution in [0, 0.1) is 5.41 Å². The number of anilines is 1. The van der Waals surface area contributed by atoms with Crippen molar-refractivity contribution in [1.29, 1.82) is 0 Å². The van der Waals surface area contributed by atoms with E-state index in [4.69, 9.17) is 4.74 Å². The Labute approximate surface area is 126 Å². The predicted octanol–water partition coefficient (Wildman–Crippen LogP) is 2.34. The SMILES string of the molecule is OCC1(CNc2nccc(C3CCCC3)n2)CCOCC1. The molecule has 5 heteroatoms. The lowest BCUT2D eigenvalue weighted by molar-refractivity contribution is -0.00866. The van der Waals surface area contributed by atoms with Crippen LogP contribution in [-0.2, 0) is 4.74 Å². The summed E-state index contributed by atoms with van der Waals surface area (Å²) < 4.78 is 5.40. The van der Waals surface area contributed by atoms with Gasteiger partial charge in [0.2, 0.25) is 5.95 Å². The zero-order chi connectivity index (χ0) is 14.5. The van der Waals surface area contributed by atoms with E-state index in [2.05, 4.69) is 15.3 Å². The summed E-state index contributed by atoms with van der Waals surface area (Å²) in [6, 6.07) is 2.04. The van der Waals surface area contributed by atoms with E-state index < -0.39 is 0 Å². The van der Waals surface area contributed by atoms with E-state index in [1.807, 2.05) is 12.3 Å². The maximum atomic E-state index is 9.71. The molecule has 0 spiro atoms. The van der Waals surface area contributed by atoms with Crippen molar-refractivity contribution in [2.45, 2.75) is 44.4 Å². The van der Waals surface area contributed by atoms with Crippen molar-refractivity contribution >= 4 is 5.95 Å². The van der Waals surface area contributed by atoms with Crippen molar-refractivity contribution in [2.75, 3.05) is 31.7 Å². The lowest BCUT2D eigenvalue weighted by Gasteiger charge is -2.35. The Morgan fingerprint density at radius 1 is 1.29 bits per heavy atom. The van der Waals surface area contributed by atoms with E-state index in [0.29, 0.717) is 18.4 Å². The monoisotopic (exact) mass is 291 g/mol. The van der Waals surface area contributed by atoms with Crippen LogP contribution >= 0.6 is 0 Å². The summed E-state index contributed by atoms with van der Waals surface area (Å²) in [6.07, 6.45) is 8.73. The Balaban J connectivity index is 1.63. The van der Waals surface area contributed by atoms with Crippen LogP contribution in [-0.4, -0.2) is 41.4 Å². The Hall–Kier alpha value is -1.20. The second-order valence-corrected chi connectivity index (χ2v) is 6.41. The van der Waals surface area contributed by atoms with Gasteiger partial charge in [0.05, 0.1) is 6.61 Å². The van der Waals surface area contributed by atoms with Crippen LogP contribution in [0.4, 0.5) is 5.95 Å². The van der Waals surface area contributed by atoms with Gasteiger partial charge in [-0.3, -0.25) is 0 Å². The van der Waals surface area contributed by atoms with Crippen LogP contribution in [0.5, 0.6) is 0 Å². The van der Waals surface area contributed by atoms with Gasteiger partial charge in [0.15, 0.2) is 0 Å². The molecule has 5 nitrogen and oxygen atoms in total. The van der Waals surface area contributed by atoms with Gasteiger partial charge in [-0.2, -0.15) is 0 Å². The van der Waals surface area contributed by atoms with Crippen LogP contribution in [0.15, 0.2) is 12.3 Å². The smallest absolute Gasteiger partial charge is 0.222 e. The average molecular weight is 291 g/mol. The number of rotatable bonds is 5. The van der Waals surface area contributed by atoms with Crippen LogP contribution in [0.3, 0.4) is 0 Å². The van der Waals surface area contributed by atoms with Gasteiger partial charge < -0.3 is 15.2 Å². The summed E-state index contributed by atoms with van der Waals surface area (Å²) in [5.74, 6) is 1.29. The molecule has 0 atom stereocenters. The molecule has 0 bridgehead atoms. The number of nitrogens with one attached hydrogen (secondary N) is 1. The number of hydrogen-bond donors (Lipinski definition) is 2. The molecule has 1 aromatic rings. The fourth-order valence-electron chi connectivity index (χ4n) is 3.37. The normalized spacial score (nSPS) is 22.3. The van der Waals surface area contributed by atoms with E-state index in [1.54, 1.807) is 0 Å². The average Bonchev–Trinajstić information content (AvgIpc) is 3.09. The zero-order valence-corrected chi connectivity index (χ0v) is 12.6. The summed E-state index contributed by atoms with van der Waals surface area (Å²) in [5.41, 5.74) is 1.07. The molecule has 2 aliphatic rings. The Morgan fingerprint density at radius 3 is 2.76 bits per heavy atom. The van der Waals surface area contributed by atoms with Crippen molar-refractivity contribution in [1.82, 2.24) is 9.97 Å². The maximum absolute atomic E-state index is 9.71. The first-order valence-corrected chi connectivity index (χ1v) is 8.07. The summed E-state index contributed by atoms with van der Waals surface area (Å²) >= 11 is 0. The molecule has 2 heterocycles. The van der Waals surface area contributed by atoms with Crippen LogP contribution < -0.4 is 5.32 Å². The third kappa shape index (κ3) is 3.52. The fraction of sp³-hybridized carbons (Fsp3) is 0.750. The molecular formula is C16H25N3O2. The third-order valence-corrected chi connectivity index (χ3v) is 4.96. The number of hydrogen-bond acceptors (Lipinski definition) is 5. The van der Waals surface area contributed by atoms with Crippen LogP contribution in [0.25, 0.3) is 0 Å². The molecular weight excluding hydrogens is 266 g/mol. The molecule has 1 aliphatic carbocycles. The highest BCUT2D eigenvalue weighted by Gasteiger charge is 2.32. The summed E-state index contributed by atoms with van der Waals surface area (Å²) in [5, 5.41) is 13.0. The Bertz CT molecular complexity index is 455. The lowest BCUT2D eigenvalue weighted by Crippen LogP contribution is -2.39. The molecule has 0 amide bonds. The van der Waals surface area contributed by atoms with Gasteiger partial charge >= 0.3 is 0 Å². The second-order valence-electron chi connectivity index (χ2n) is 6.41. The minimum Gasteiger partial charge on any atom is -0.396 e. The molecule has 21 heavy (non-hydrogen) atoms. The lowest BCUT2D eigenvalue weighted by atomic mass is 9.81. The predicted molar refractivity (Wildman–Crippen MR) is 81.3 cm³/mol. The number of ether oxygens (including phenoxy) is 1. The molecule has 2 N–H and O–H groups in total. The summed E-state index contributed by atoms with van der Waals surface area (Å²) in [7, 11) is 0. The van der Waals surface area contributed by atoms with Gasteiger partial charge in [0.1, 0.15) is 0 Å². The fourth-order valence-corrected chi connectivity index (χ4v) is 3.37. The van der Waals surface area contributed by atoms with Crippen LogP contribution in [0.2, 0.25) is 0 Å². The molecule has 2 fully saturated rings. The van der Waals surface area contributed by atoms with Gasteiger partial charge in [-0.15, -0.1) is 0 Å². The highest BCUT2D eigenvalue weighted by Crippen LogP contribution is 2.33. The van der Waals surface area contributed by atoms with Gasteiger partial charge in [-0.1, -0.05) is 12.8 Å². The first-order valence-electron chi connectivity index (χ1n) is 8.07. The van der Waals surface area contributed by atoms with Crippen LogP contribution in [0.1, 0.15) is 50.1 Å². The van der Waals surface area contributed by atoms with E-state index in [-0.39, 0.29) is 12.0 Å². The van der Waals surface area contributed by atoms with E-state index in [0.717, 1.165) is 31.7 Å². The van der Waals surface area contributed by atoms with Gasteiger partial charge in [0.25, 0.3) is 0 Å². The third-order valence-electron chi connectivity index (χ3n) is 4.96. The molecule has 1 saturated carbocycles. The van der Waals surface area contributed by atoms with E-state index in [1.165, 1.54) is 25.7 Å². The quantitative estimate of drug-likeness (QED) is 0.871. The topological polar surface area (TPSA) is 67.3 Å². The molecule has 116 valence electrons. The van der Waals surface area contributed by atoms with Crippen molar-refractivity contribution in [3.8, 4) is 0 Å². The number of nitrogens with zero attached hydrogens (tertiary/aromatic N) is 2. The zero-order valence-electron chi connectivity index (χ0n) is 12.6. The number of aliphatic hydroxyl groups is 1. The number of aliphatic hydroxyl groups excluding tert-OH is 1. The molecule has 1 aromatic heterocycles. The highest BCUT2D eigenvalue weighted by atomic mass is 16.5. The largest absolute Gasteiger partial charge is 0.396 e. The van der Waals surface area contributed by atoms with Crippen molar-refractivity contribution < 1.29 is 9.84 Å². The van der Waals surface area contributed by atoms with E-state index in [9.17, 15) is 5.11 Å². The highest BCUT2D eigenvalue weighted by molar-refractivity contribution is 5.27. The minimum atomic E-state index is -0.0923. The van der Waals surface area contributed by atoms with Crippen molar-refractivity contribution in [3.63, 3.8) is 0 Å². The van der Waals surface area contributed by atoms with Crippen molar-refractivity contribution in [3.05, 3.63) is 18.0 Å². The first-order chi connectivity index (χ1) is 10.3. The molecule has 3 rings (SSSR count). The maximum Gasteiger partial charge on any atom is 0.222 e. The van der Waals surface area contributed by atoms with E-state index >= 15 is 0 Å². The first kappa shape index (κ1) is 14.7. The molecule has 1 saturated heterocycles. The standard InChI is InChI=1S/C16H25N3O2/c20-12-16(6-9-21-10-7-16)11-18-15-17-8-5-14(19-15)13-3-1-2-4-13/h5,8,13,20H,1-4,6-7,9-12H2,(H,17,18,19). The second kappa shape index (κ2) is 6.71. The van der Waals surface area contributed by atoms with Gasteiger partial charge in [-0.05, 0) is 31.7 Å². The molecule has 0 radical (unpaired) electrons. The van der Waals surface area contributed by atoms with Gasteiger partial charge in [0, 0.05) is 43.0 Å².